The molecule has 0 N–H and O–H groups in total. The molecule has 3 heteroatoms. The fraction of sp³-hybridized carbons (Fsp3) is 0.333. The standard InChI is InChI=1S/C9H8Cl2O/c10-8-1-6(2-9(11)3-8)7-4-12-5-7/h1-3,7H,4-5H2. The van der Waals surface area contributed by atoms with Gasteiger partial charge in [0.1, 0.15) is 0 Å². The average Bonchev–Trinajstić information content (AvgIpc) is 1.79. The minimum absolute atomic E-state index is 0.487. The molecule has 0 aromatic heterocycles. The summed E-state index contributed by atoms with van der Waals surface area (Å²) in [4.78, 5) is 0. The van der Waals surface area contributed by atoms with Crippen molar-refractivity contribution in [3.8, 4) is 0 Å². The van der Waals surface area contributed by atoms with E-state index in [1.165, 1.54) is 5.56 Å². The van der Waals surface area contributed by atoms with Crippen LogP contribution in [0.25, 0.3) is 0 Å². The third-order valence-electron chi connectivity index (χ3n) is 1.99. The van der Waals surface area contributed by atoms with Gasteiger partial charge in [0, 0.05) is 16.0 Å². The van der Waals surface area contributed by atoms with E-state index in [-0.39, 0.29) is 0 Å². The van der Waals surface area contributed by atoms with Gasteiger partial charge in [0.2, 0.25) is 0 Å². The third-order valence-corrected chi connectivity index (χ3v) is 2.43. The molecule has 64 valence electrons. The van der Waals surface area contributed by atoms with Gasteiger partial charge in [-0.3, -0.25) is 0 Å². The second-order valence-corrected chi connectivity index (χ2v) is 3.81. The molecule has 0 radical (unpaired) electrons. The topological polar surface area (TPSA) is 9.23 Å². The van der Waals surface area contributed by atoms with Crippen LogP contribution in [0.3, 0.4) is 0 Å². The maximum atomic E-state index is 5.85. The van der Waals surface area contributed by atoms with E-state index in [1.54, 1.807) is 6.07 Å². The van der Waals surface area contributed by atoms with Gasteiger partial charge in [0.05, 0.1) is 13.2 Å². The smallest absolute Gasteiger partial charge is 0.0557 e. The lowest BCUT2D eigenvalue weighted by Gasteiger charge is -2.26. The second-order valence-electron chi connectivity index (χ2n) is 2.94. The predicted molar refractivity (Wildman–Crippen MR) is 50.0 cm³/mol. The van der Waals surface area contributed by atoms with Crippen molar-refractivity contribution in [2.24, 2.45) is 0 Å². The Labute approximate surface area is 81.2 Å². The van der Waals surface area contributed by atoms with Crippen LogP contribution in [0.15, 0.2) is 18.2 Å². The van der Waals surface area contributed by atoms with Crippen molar-refractivity contribution in [3.05, 3.63) is 33.8 Å². The molecule has 1 nitrogen and oxygen atoms in total. The minimum atomic E-state index is 0.487. The van der Waals surface area contributed by atoms with E-state index in [2.05, 4.69) is 0 Å². The highest BCUT2D eigenvalue weighted by molar-refractivity contribution is 6.34. The molecule has 0 spiro atoms. The Balaban J connectivity index is 2.30. The van der Waals surface area contributed by atoms with Crippen LogP contribution in [0.1, 0.15) is 11.5 Å². The molecule has 1 heterocycles. The first-order chi connectivity index (χ1) is 5.75. The second kappa shape index (κ2) is 3.25. The van der Waals surface area contributed by atoms with Gasteiger partial charge in [-0.05, 0) is 23.8 Å². The molecule has 1 aliphatic heterocycles. The lowest BCUT2D eigenvalue weighted by atomic mass is 9.98. The maximum absolute atomic E-state index is 5.85. The average molecular weight is 203 g/mol. The Kier molecular flexibility index (Phi) is 2.26. The summed E-state index contributed by atoms with van der Waals surface area (Å²) in [5.74, 6) is 0.487. The molecule has 1 saturated heterocycles. The van der Waals surface area contributed by atoms with Gasteiger partial charge < -0.3 is 4.74 Å². The van der Waals surface area contributed by atoms with Crippen molar-refractivity contribution in [3.63, 3.8) is 0 Å². The molecule has 1 aromatic rings. The summed E-state index contributed by atoms with van der Waals surface area (Å²) in [7, 11) is 0. The Hall–Kier alpha value is -0.240. The van der Waals surface area contributed by atoms with Crippen molar-refractivity contribution >= 4 is 23.2 Å². The van der Waals surface area contributed by atoms with Crippen molar-refractivity contribution in [1.82, 2.24) is 0 Å². The molecular formula is C9H8Cl2O. The Morgan fingerprint density at radius 1 is 1.08 bits per heavy atom. The summed E-state index contributed by atoms with van der Waals surface area (Å²) < 4.78 is 5.08. The van der Waals surface area contributed by atoms with Gasteiger partial charge in [-0.2, -0.15) is 0 Å². The summed E-state index contributed by atoms with van der Waals surface area (Å²) in [6.07, 6.45) is 0. The van der Waals surface area contributed by atoms with E-state index < -0.39 is 0 Å². The highest BCUT2D eigenvalue weighted by Gasteiger charge is 2.20. The molecule has 2 rings (SSSR count). The highest BCUT2D eigenvalue weighted by Crippen LogP contribution is 2.28. The van der Waals surface area contributed by atoms with E-state index in [4.69, 9.17) is 27.9 Å². The van der Waals surface area contributed by atoms with Crippen LogP contribution in [0.5, 0.6) is 0 Å². The zero-order valence-corrected chi connectivity index (χ0v) is 7.90. The first kappa shape index (κ1) is 8.36. The molecule has 12 heavy (non-hydrogen) atoms. The number of halogens is 2. The Bertz CT molecular complexity index is 274. The fourth-order valence-corrected chi connectivity index (χ4v) is 1.78. The van der Waals surface area contributed by atoms with Gasteiger partial charge in [-0.25, -0.2) is 0 Å². The molecule has 0 unspecified atom stereocenters. The van der Waals surface area contributed by atoms with Gasteiger partial charge in [0.15, 0.2) is 0 Å². The minimum Gasteiger partial charge on any atom is -0.380 e. The van der Waals surface area contributed by atoms with Crippen LogP contribution in [0.4, 0.5) is 0 Å². The summed E-state index contributed by atoms with van der Waals surface area (Å²) in [5, 5.41) is 1.40. The van der Waals surface area contributed by atoms with Crippen LogP contribution < -0.4 is 0 Å². The van der Waals surface area contributed by atoms with Gasteiger partial charge in [-0.1, -0.05) is 23.2 Å². The Morgan fingerprint density at radius 2 is 1.67 bits per heavy atom. The number of rotatable bonds is 1. The predicted octanol–water partition coefficient (Wildman–Crippen LogP) is 3.11. The molecule has 1 aliphatic rings. The van der Waals surface area contributed by atoms with E-state index in [1.807, 2.05) is 12.1 Å². The van der Waals surface area contributed by atoms with Crippen LogP contribution in [0.2, 0.25) is 10.0 Å². The van der Waals surface area contributed by atoms with Gasteiger partial charge in [0.25, 0.3) is 0 Å². The van der Waals surface area contributed by atoms with E-state index in [9.17, 15) is 0 Å². The summed E-state index contributed by atoms with van der Waals surface area (Å²) in [5.41, 5.74) is 1.18. The van der Waals surface area contributed by atoms with Gasteiger partial charge >= 0.3 is 0 Å². The molecule has 0 bridgehead atoms. The first-order valence-corrected chi connectivity index (χ1v) is 4.55. The number of hydrogen-bond acceptors (Lipinski definition) is 1. The molecule has 0 amide bonds. The van der Waals surface area contributed by atoms with Crippen molar-refractivity contribution in [1.29, 1.82) is 0 Å². The quantitative estimate of drug-likeness (QED) is 0.681. The van der Waals surface area contributed by atoms with Crippen LogP contribution in [-0.2, 0) is 4.74 Å². The summed E-state index contributed by atoms with van der Waals surface area (Å²) >= 11 is 11.7. The lowest BCUT2D eigenvalue weighted by Crippen LogP contribution is -2.24. The highest BCUT2D eigenvalue weighted by atomic mass is 35.5. The molecule has 0 atom stereocenters. The van der Waals surface area contributed by atoms with Crippen LogP contribution in [-0.4, -0.2) is 13.2 Å². The maximum Gasteiger partial charge on any atom is 0.0557 e. The molecule has 1 fully saturated rings. The number of benzene rings is 1. The zero-order valence-electron chi connectivity index (χ0n) is 6.39. The van der Waals surface area contributed by atoms with Crippen LogP contribution in [0, 0.1) is 0 Å². The van der Waals surface area contributed by atoms with E-state index in [0.717, 1.165) is 13.2 Å². The van der Waals surface area contributed by atoms with Crippen molar-refractivity contribution in [2.75, 3.05) is 13.2 Å². The zero-order chi connectivity index (χ0) is 8.55. The summed E-state index contributed by atoms with van der Waals surface area (Å²) in [6.45, 7) is 1.58. The first-order valence-electron chi connectivity index (χ1n) is 3.79. The van der Waals surface area contributed by atoms with E-state index in [0.29, 0.717) is 16.0 Å². The molecule has 0 saturated carbocycles. The third kappa shape index (κ3) is 1.58. The Morgan fingerprint density at radius 3 is 2.08 bits per heavy atom. The lowest BCUT2D eigenvalue weighted by molar-refractivity contribution is 0.00843. The summed E-state index contributed by atoms with van der Waals surface area (Å²) in [6, 6.07) is 5.63. The number of ether oxygens (including phenoxy) is 1. The van der Waals surface area contributed by atoms with Crippen molar-refractivity contribution in [2.45, 2.75) is 5.92 Å². The fourth-order valence-electron chi connectivity index (χ4n) is 1.24. The molecule has 0 aliphatic carbocycles. The van der Waals surface area contributed by atoms with Gasteiger partial charge in [-0.15, -0.1) is 0 Å². The van der Waals surface area contributed by atoms with E-state index >= 15 is 0 Å². The molecular weight excluding hydrogens is 195 g/mol. The number of hydrogen-bond donors (Lipinski definition) is 0. The molecule has 1 aromatic carbocycles. The monoisotopic (exact) mass is 202 g/mol. The van der Waals surface area contributed by atoms with Crippen LogP contribution >= 0.6 is 23.2 Å². The normalized spacial score (nSPS) is 17.5. The SMILES string of the molecule is Clc1cc(Cl)cc(C2COC2)c1. The van der Waals surface area contributed by atoms with Crippen molar-refractivity contribution < 1.29 is 4.74 Å². The largest absolute Gasteiger partial charge is 0.380 e.